The highest BCUT2D eigenvalue weighted by Gasteiger charge is 2.18. The molecule has 0 bridgehead atoms. The summed E-state index contributed by atoms with van der Waals surface area (Å²) in [4.78, 5) is 13.6. The molecule has 0 saturated carbocycles. The lowest BCUT2D eigenvalue weighted by Gasteiger charge is -2.17. The molecular formula is C13H15FN4O. The van der Waals surface area contributed by atoms with Gasteiger partial charge in [-0.2, -0.15) is 5.10 Å². The summed E-state index contributed by atoms with van der Waals surface area (Å²) in [5.74, 6) is -0.319. The molecule has 1 heterocycles. The van der Waals surface area contributed by atoms with Crippen LogP contribution < -0.4 is 5.73 Å². The standard InChI is InChI=1S/C13H15FN4O/c1-17(8-9-5-3-4-6-11(9)14)13(19)10-7-16-18(2)12(10)15/h3-7H,8,15H2,1-2H3. The smallest absolute Gasteiger partial charge is 0.259 e. The molecule has 0 unspecified atom stereocenters. The van der Waals surface area contributed by atoms with E-state index in [4.69, 9.17) is 5.73 Å². The van der Waals surface area contributed by atoms with Gasteiger partial charge in [-0.15, -0.1) is 0 Å². The molecule has 0 radical (unpaired) electrons. The molecule has 0 spiro atoms. The zero-order chi connectivity index (χ0) is 14.0. The van der Waals surface area contributed by atoms with Crippen LogP contribution in [0.25, 0.3) is 0 Å². The Balaban J connectivity index is 2.17. The zero-order valence-corrected chi connectivity index (χ0v) is 10.8. The number of benzene rings is 1. The van der Waals surface area contributed by atoms with E-state index in [0.717, 1.165) is 0 Å². The van der Waals surface area contributed by atoms with Crippen LogP contribution in [0.15, 0.2) is 30.5 Å². The molecular weight excluding hydrogens is 247 g/mol. The minimum Gasteiger partial charge on any atom is -0.383 e. The van der Waals surface area contributed by atoms with Gasteiger partial charge in [0.2, 0.25) is 0 Å². The van der Waals surface area contributed by atoms with Crippen molar-refractivity contribution in [2.24, 2.45) is 7.05 Å². The van der Waals surface area contributed by atoms with Crippen LogP contribution >= 0.6 is 0 Å². The highest BCUT2D eigenvalue weighted by Crippen LogP contribution is 2.15. The largest absolute Gasteiger partial charge is 0.383 e. The summed E-state index contributed by atoms with van der Waals surface area (Å²) in [5.41, 5.74) is 6.52. The van der Waals surface area contributed by atoms with Crippen LogP contribution in [0.2, 0.25) is 0 Å². The number of rotatable bonds is 3. The molecule has 19 heavy (non-hydrogen) atoms. The molecule has 0 aliphatic heterocycles. The molecule has 2 rings (SSSR count). The average Bonchev–Trinajstić information content (AvgIpc) is 2.72. The van der Waals surface area contributed by atoms with Gasteiger partial charge in [0, 0.05) is 26.2 Å². The summed E-state index contributed by atoms with van der Waals surface area (Å²) < 4.78 is 14.9. The topological polar surface area (TPSA) is 64.2 Å². The molecule has 100 valence electrons. The fourth-order valence-corrected chi connectivity index (χ4v) is 1.77. The second-order valence-corrected chi connectivity index (χ2v) is 4.32. The Labute approximate surface area is 110 Å². The fourth-order valence-electron chi connectivity index (χ4n) is 1.77. The van der Waals surface area contributed by atoms with E-state index in [9.17, 15) is 9.18 Å². The predicted molar refractivity (Wildman–Crippen MR) is 69.8 cm³/mol. The Kier molecular flexibility index (Phi) is 3.50. The van der Waals surface area contributed by atoms with Crippen molar-refractivity contribution >= 4 is 11.7 Å². The average molecular weight is 262 g/mol. The molecule has 5 nitrogen and oxygen atoms in total. The molecule has 2 N–H and O–H groups in total. The summed E-state index contributed by atoms with van der Waals surface area (Å²) >= 11 is 0. The van der Waals surface area contributed by atoms with Crippen molar-refractivity contribution in [3.8, 4) is 0 Å². The lowest BCUT2D eigenvalue weighted by Crippen LogP contribution is -2.27. The molecule has 0 saturated heterocycles. The number of nitrogen functional groups attached to an aromatic ring is 1. The van der Waals surface area contributed by atoms with Crippen molar-refractivity contribution in [2.75, 3.05) is 12.8 Å². The van der Waals surface area contributed by atoms with E-state index < -0.39 is 0 Å². The van der Waals surface area contributed by atoms with Crippen LogP contribution in [0, 0.1) is 5.82 Å². The molecule has 0 aliphatic rings. The SMILES string of the molecule is CN(Cc1ccccc1F)C(=O)c1cnn(C)c1N. The van der Waals surface area contributed by atoms with Crippen molar-refractivity contribution in [1.29, 1.82) is 0 Å². The van der Waals surface area contributed by atoms with E-state index in [2.05, 4.69) is 5.10 Å². The molecule has 0 atom stereocenters. The van der Waals surface area contributed by atoms with Gasteiger partial charge in [0.25, 0.3) is 5.91 Å². The predicted octanol–water partition coefficient (Wildman–Crippen LogP) is 1.41. The number of amides is 1. The Bertz CT molecular complexity index is 608. The summed E-state index contributed by atoms with van der Waals surface area (Å²) in [5, 5.41) is 3.91. The Morgan fingerprint density at radius 1 is 1.47 bits per heavy atom. The number of hydrogen-bond acceptors (Lipinski definition) is 3. The van der Waals surface area contributed by atoms with Crippen LogP contribution in [0.1, 0.15) is 15.9 Å². The van der Waals surface area contributed by atoms with E-state index in [1.54, 1.807) is 32.3 Å². The molecule has 1 aromatic heterocycles. The number of aryl methyl sites for hydroxylation is 1. The maximum atomic E-state index is 13.5. The quantitative estimate of drug-likeness (QED) is 0.909. The molecule has 6 heteroatoms. The second-order valence-electron chi connectivity index (χ2n) is 4.32. The van der Waals surface area contributed by atoms with Gasteiger partial charge in [-0.25, -0.2) is 4.39 Å². The normalized spacial score (nSPS) is 10.5. The first-order valence-corrected chi connectivity index (χ1v) is 5.77. The Morgan fingerprint density at radius 2 is 2.16 bits per heavy atom. The first-order chi connectivity index (χ1) is 9.00. The van der Waals surface area contributed by atoms with Crippen molar-refractivity contribution in [2.45, 2.75) is 6.54 Å². The minimum absolute atomic E-state index is 0.180. The zero-order valence-electron chi connectivity index (χ0n) is 10.8. The number of hydrogen-bond donors (Lipinski definition) is 1. The number of nitrogens with two attached hydrogens (primary N) is 1. The fraction of sp³-hybridized carbons (Fsp3) is 0.231. The monoisotopic (exact) mass is 262 g/mol. The van der Waals surface area contributed by atoms with Crippen molar-refractivity contribution in [3.63, 3.8) is 0 Å². The summed E-state index contributed by atoms with van der Waals surface area (Å²) in [6, 6.07) is 6.35. The summed E-state index contributed by atoms with van der Waals surface area (Å²) in [6.45, 7) is 0.180. The van der Waals surface area contributed by atoms with Crippen LogP contribution in [0.5, 0.6) is 0 Å². The van der Waals surface area contributed by atoms with E-state index in [1.165, 1.54) is 21.8 Å². The third kappa shape index (κ3) is 2.57. The lowest BCUT2D eigenvalue weighted by atomic mass is 10.2. The minimum atomic E-state index is -0.332. The van der Waals surface area contributed by atoms with Gasteiger partial charge in [0.05, 0.1) is 6.20 Å². The number of carbonyl (C=O) groups is 1. The highest BCUT2D eigenvalue weighted by molar-refractivity contribution is 5.98. The van der Waals surface area contributed by atoms with Gasteiger partial charge in [0.15, 0.2) is 0 Å². The van der Waals surface area contributed by atoms with E-state index in [-0.39, 0.29) is 18.3 Å². The van der Waals surface area contributed by atoms with Gasteiger partial charge in [0.1, 0.15) is 17.2 Å². The molecule has 1 amide bonds. The van der Waals surface area contributed by atoms with E-state index in [1.807, 2.05) is 0 Å². The maximum absolute atomic E-state index is 13.5. The van der Waals surface area contributed by atoms with E-state index in [0.29, 0.717) is 16.9 Å². The van der Waals surface area contributed by atoms with Gasteiger partial charge >= 0.3 is 0 Å². The van der Waals surface area contributed by atoms with Gasteiger partial charge in [-0.3, -0.25) is 9.48 Å². The maximum Gasteiger partial charge on any atom is 0.259 e. The Morgan fingerprint density at radius 3 is 2.74 bits per heavy atom. The summed E-state index contributed by atoms with van der Waals surface area (Å²) in [6.07, 6.45) is 1.41. The van der Waals surface area contributed by atoms with Gasteiger partial charge in [-0.05, 0) is 6.07 Å². The van der Waals surface area contributed by atoms with Crippen molar-refractivity contribution < 1.29 is 9.18 Å². The van der Waals surface area contributed by atoms with Crippen LogP contribution in [0.4, 0.5) is 10.2 Å². The third-order valence-electron chi connectivity index (χ3n) is 2.93. The van der Waals surface area contributed by atoms with Crippen LogP contribution in [-0.4, -0.2) is 27.6 Å². The summed E-state index contributed by atoms with van der Waals surface area (Å²) in [7, 11) is 3.25. The highest BCUT2D eigenvalue weighted by atomic mass is 19.1. The third-order valence-corrected chi connectivity index (χ3v) is 2.93. The second kappa shape index (κ2) is 5.09. The van der Waals surface area contributed by atoms with Gasteiger partial charge in [-0.1, -0.05) is 18.2 Å². The number of carbonyl (C=O) groups excluding carboxylic acids is 1. The van der Waals surface area contributed by atoms with Crippen LogP contribution in [-0.2, 0) is 13.6 Å². The lowest BCUT2D eigenvalue weighted by molar-refractivity contribution is 0.0785. The van der Waals surface area contributed by atoms with Crippen molar-refractivity contribution in [1.82, 2.24) is 14.7 Å². The Hall–Kier alpha value is -2.37. The molecule has 0 aliphatic carbocycles. The van der Waals surface area contributed by atoms with E-state index >= 15 is 0 Å². The first kappa shape index (κ1) is 13.1. The van der Waals surface area contributed by atoms with Crippen molar-refractivity contribution in [3.05, 3.63) is 47.4 Å². The first-order valence-electron chi connectivity index (χ1n) is 5.77. The number of nitrogens with zero attached hydrogens (tertiary/aromatic N) is 3. The number of anilines is 1. The molecule has 0 fully saturated rings. The van der Waals surface area contributed by atoms with Crippen LogP contribution in [0.3, 0.4) is 0 Å². The molecule has 2 aromatic rings. The molecule has 1 aromatic carbocycles. The number of aromatic nitrogens is 2. The van der Waals surface area contributed by atoms with Gasteiger partial charge < -0.3 is 10.6 Å². The number of halogens is 1.